The summed E-state index contributed by atoms with van der Waals surface area (Å²) in [6, 6.07) is 18.7. The van der Waals surface area contributed by atoms with Crippen molar-refractivity contribution in [3.8, 4) is 0 Å². The Hall–Kier alpha value is -2.83. The average Bonchev–Trinajstić information content (AvgIpc) is 3.05. The Morgan fingerprint density at radius 2 is 1.77 bits per heavy atom. The molecule has 0 saturated carbocycles. The van der Waals surface area contributed by atoms with Crippen LogP contribution in [0.5, 0.6) is 0 Å². The van der Waals surface area contributed by atoms with Crippen molar-refractivity contribution in [2.24, 2.45) is 0 Å². The Bertz CT molecular complexity index is 1220. The van der Waals surface area contributed by atoms with E-state index in [-0.39, 0.29) is 16.8 Å². The molecule has 0 spiro atoms. The summed E-state index contributed by atoms with van der Waals surface area (Å²) < 4.78 is 27.9. The lowest BCUT2D eigenvalue weighted by Crippen LogP contribution is -2.35. The van der Waals surface area contributed by atoms with Crippen molar-refractivity contribution in [1.82, 2.24) is 0 Å². The molecule has 1 heterocycles. The minimum absolute atomic E-state index is 0.242. The number of rotatable bonds is 4. The topological polar surface area (TPSA) is 66.5 Å². The highest BCUT2D eigenvalue weighted by molar-refractivity contribution is 7.92. The molecule has 1 aliphatic rings. The molecule has 3 aromatic carbocycles. The molecule has 5 nitrogen and oxygen atoms in total. The summed E-state index contributed by atoms with van der Waals surface area (Å²) in [5.41, 5.74) is 3.41. The standard InChI is InChI=1S/C23H21ClN2O3S/c1-15-7-10-19(11-8-15)30(28,29)26-16(2)13-18-14-17(9-12-22(18)26)23(27)25-21-6-4-3-5-20(21)24/h3-12,14,16H,13H2,1-2H3,(H,25,27)/t16-/m1/s1. The normalized spacial score (nSPS) is 15.7. The molecule has 0 radical (unpaired) electrons. The quantitative estimate of drug-likeness (QED) is 0.618. The lowest BCUT2D eigenvalue weighted by Gasteiger charge is -2.24. The molecule has 0 aromatic heterocycles. The molecule has 1 amide bonds. The van der Waals surface area contributed by atoms with Crippen LogP contribution in [0.1, 0.15) is 28.4 Å². The predicted molar refractivity (Wildman–Crippen MR) is 120 cm³/mol. The van der Waals surface area contributed by atoms with E-state index in [0.29, 0.717) is 28.4 Å². The molecule has 154 valence electrons. The molecule has 1 atom stereocenters. The zero-order valence-corrected chi connectivity index (χ0v) is 18.2. The van der Waals surface area contributed by atoms with Gasteiger partial charge in [0.15, 0.2) is 0 Å². The first-order chi connectivity index (χ1) is 14.3. The van der Waals surface area contributed by atoms with Crippen molar-refractivity contribution in [1.29, 1.82) is 0 Å². The maximum Gasteiger partial charge on any atom is 0.264 e. The fourth-order valence-corrected chi connectivity index (χ4v) is 5.57. The summed E-state index contributed by atoms with van der Waals surface area (Å²) in [5.74, 6) is -0.293. The Kier molecular flexibility index (Phi) is 5.30. The third kappa shape index (κ3) is 3.68. The number of hydrogen-bond donors (Lipinski definition) is 1. The highest BCUT2D eigenvalue weighted by Crippen LogP contribution is 2.37. The van der Waals surface area contributed by atoms with Gasteiger partial charge in [-0.3, -0.25) is 9.10 Å². The predicted octanol–water partition coefficient (Wildman–Crippen LogP) is 5.04. The molecule has 0 saturated heterocycles. The molecule has 30 heavy (non-hydrogen) atoms. The molecule has 3 aromatic rings. The highest BCUT2D eigenvalue weighted by Gasteiger charge is 2.36. The maximum atomic E-state index is 13.2. The van der Waals surface area contributed by atoms with Gasteiger partial charge in [-0.15, -0.1) is 0 Å². The summed E-state index contributed by atoms with van der Waals surface area (Å²) >= 11 is 6.12. The number of nitrogens with zero attached hydrogens (tertiary/aromatic N) is 1. The van der Waals surface area contributed by atoms with Crippen LogP contribution in [-0.4, -0.2) is 20.4 Å². The van der Waals surface area contributed by atoms with Crippen molar-refractivity contribution >= 4 is 38.9 Å². The third-order valence-corrected chi connectivity index (χ3v) is 7.47. The van der Waals surface area contributed by atoms with E-state index < -0.39 is 10.0 Å². The van der Waals surface area contributed by atoms with Crippen LogP contribution >= 0.6 is 11.6 Å². The fraction of sp³-hybridized carbons (Fsp3) is 0.174. The SMILES string of the molecule is Cc1ccc(S(=O)(=O)N2c3ccc(C(=O)Nc4ccccc4Cl)cc3C[C@H]2C)cc1. The smallest absolute Gasteiger partial charge is 0.264 e. The average molecular weight is 441 g/mol. The Balaban J connectivity index is 1.64. The minimum atomic E-state index is -3.69. The zero-order chi connectivity index (χ0) is 21.5. The van der Waals surface area contributed by atoms with E-state index in [1.54, 1.807) is 66.7 Å². The number of fused-ring (bicyclic) bond motifs is 1. The number of sulfonamides is 1. The number of anilines is 2. The van der Waals surface area contributed by atoms with Crippen LogP contribution in [0.25, 0.3) is 0 Å². The van der Waals surface area contributed by atoms with Crippen molar-refractivity contribution in [2.75, 3.05) is 9.62 Å². The molecule has 0 bridgehead atoms. The van der Waals surface area contributed by atoms with Crippen LogP contribution in [0.3, 0.4) is 0 Å². The fourth-order valence-electron chi connectivity index (χ4n) is 3.69. The number of para-hydroxylation sites is 1. The van der Waals surface area contributed by atoms with E-state index in [9.17, 15) is 13.2 Å². The number of aryl methyl sites for hydroxylation is 1. The van der Waals surface area contributed by atoms with E-state index in [1.807, 2.05) is 13.8 Å². The van der Waals surface area contributed by atoms with Gasteiger partial charge in [0.05, 0.1) is 21.3 Å². The van der Waals surface area contributed by atoms with Gasteiger partial charge in [-0.05, 0) is 68.3 Å². The summed E-state index contributed by atoms with van der Waals surface area (Å²) in [6.07, 6.45) is 0.535. The highest BCUT2D eigenvalue weighted by atomic mass is 35.5. The molecule has 4 rings (SSSR count). The Morgan fingerprint density at radius 1 is 1.07 bits per heavy atom. The first kappa shape index (κ1) is 20.4. The number of carbonyl (C=O) groups is 1. The van der Waals surface area contributed by atoms with Crippen molar-refractivity contribution in [3.05, 3.63) is 88.4 Å². The largest absolute Gasteiger partial charge is 0.321 e. The summed E-state index contributed by atoms with van der Waals surface area (Å²) in [6.45, 7) is 3.79. The molecular weight excluding hydrogens is 420 g/mol. The monoisotopic (exact) mass is 440 g/mol. The second kappa shape index (κ2) is 7.78. The van der Waals surface area contributed by atoms with E-state index in [0.717, 1.165) is 11.1 Å². The van der Waals surface area contributed by atoms with Crippen LogP contribution in [0, 0.1) is 6.92 Å². The van der Waals surface area contributed by atoms with Crippen LogP contribution in [0.2, 0.25) is 5.02 Å². The van der Waals surface area contributed by atoms with Gasteiger partial charge in [-0.25, -0.2) is 8.42 Å². The zero-order valence-electron chi connectivity index (χ0n) is 16.6. The van der Waals surface area contributed by atoms with Gasteiger partial charge in [0.2, 0.25) is 0 Å². The van der Waals surface area contributed by atoms with E-state index in [2.05, 4.69) is 5.32 Å². The number of benzene rings is 3. The van der Waals surface area contributed by atoms with Gasteiger partial charge in [0.25, 0.3) is 15.9 Å². The molecule has 0 aliphatic carbocycles. The molecule has 1 aliphatic heterocycles. The molecule has 0 unspecified atom stereocenters. The number of halogens is 1. The number of nitrogens with one attached hydrogen (secondary N) is 1. The Labute approximate surface area is 181 Å². The number of carbonyl (C=O) groups excluding carboxylic acids is 1. The van der Waals surface area contributed by atoms with Crippen LogP contribution in [-0.2, 0) is 16.4 Å². The van der Waals surface area contributed by atoms with Gasteiger partial charge in [0.1, 0.15) is 0 Å². The first-order valence-electron chi connectivity index (χ1n) is 9.57. The van der Waals surface area contributed by atoms with Gasteiger partial charge < -0.3 is 5.32 Å². The lowest BCUT2D eigenvalue weighted by atomic mass is 10.1. The molecule has 0 fully saturated rings. The van der Waals surface area contributed by atoms with E-state index in [4.69, 9.17) is 11.6 Å². The van der Waals surface area contributed by atoms with Gasteiger partial charge in [-0.1, -0.05) is 41.4 Å². The van der Waals surface area contributed by atoms with Gasteiger partial charge in [-0.2, -0.15) is 0 Å². The molecule has 1 N–H and O–H groups in total. The van der Waals surface area contributed by atoms with E-state index in [1.165, 1.54) is 4.31 Å². The minimum Gasteiger partial charge on any atom is -0.321 e. The van der Waals surface area contributed by atoms with E-state index >= 15 is 0 Å². The van der Waals surface area contributed by atoms with Crippen LogP contribution < -0.4 is 9.62 Å². The third-order valence-electron chi connectivity index (χ3n) is 5.19. The van der Waals surface area contributed by atoms with Crippen LogP contribution in [0.15, 0.2) is 71.6 Å². The van der Waals surface area contributed by atoms with Crippen LogP contribution in [0.4, 0.5) is 11.4 Å². The second-order valence-electron chi connectivity index (χ2n) is 7.44. The van der Waals surface area contributed by atoms with Gasteiger partial charge >= 0.3 is 0 Å². The molecular formula is C23H21ClN2O3S. The summed E-state index contributed by atoms with van der Waals surface area (Å²) in [5, 5.41) is 3.25. The summed E-state index contributed by atoms with van der Waals surface area (Å²) in [4.78, 5) is 12.9. The van der Waals surface area contributed by atoms with Crippen molar-refractivity contribution in [2.45, 2.75) is 31.2 Å². The van der Waals surface area contributed by atoms with Crippen molar-refractivity contribution < 1.29 is 13.2 Å². The number of hydrogen-bond acceptors (Lipinski definition) is 3. The lowest BCUT2D eigenvalue weighted by molar-refractivity contribution is 0.102. The van der Waals surface area contributed by atoms with Crippen molar-refractivity contribution in [3.63, 3.8) is 0 Å². The first-order valence-corrected chi connectivity index (χ1v) is 11.4. The van der Waals surface area contributed by atoms with Gasteiger partial charge in [0, 0.05) is 11.6 Å². The Morgan fingerprint density at radius 3 is 2.47 bits per heavy atom. The maximum absolute atomic E-state index is 13.2. The molecule has 7 heteroatoms. The second-order valence-corrected chi connectivity index (χ2v) is 9.67. The number of amides is 1. The summed E-state index contributed by atoms with van der Waals surface area (Å²) in [7, 11) is -3.69.